The summed E-state index contributed by atoms with van der Waals surface area (Å²) in [4.78, 5) is 21.1. The highest BCUT2D eigenvalue weighted by Gasteiger charge is 2.10. The van der Waals surface area contributed by atoms with E-state index in [-0.39, 0.29) is 5.91 Å². The summed E-state index contributed by atoms with van der Waals surface area (Å²) in [5.74, 6) is -0.0922. The first-order chi connectivity index (χ1) is 11.8. The third kappa shape index (κ3) is 2.93. The molecule has 0 radical (unpaired) electrons. The zero-order valence-electron chi connectivity index (χ0n) is 12.6. The van der Waals surface area contributed by atoms with E-state index in [0.29, 0.717) is 12.1 Å². The van der Waals surface area contributed by atoms with E-state index in [1.54, 1.807) is 29.1 Å². The molecule has 24 heavy (non-hydrogen) atoms. The summed E-state index contributed by atoms with van der Waals surface area (Å²) in [7, 11) is 0. The predicted molar refractivity (Wildman–Crippen MR) is 98.3 cm³/mol. The Bertz CT molecular complexity index is 992. The highest BCUT2D eigenvalue weighted by molar-refractivity contribution is 7.16. The lowest BCUT2D eigenvalue weighted by Crippen LogP contribution is -2.23. The Balaban J connectivity index is 1.53. The number of thiazole rings is 1. The van der Waals surface area contributed by atoms with Crippen LogP contribution in [0.1, 0.15) is 15.9 Å². The van der Waals surface area contributed by atoms with Crippen molar-refractivity contribution in [2.75, 3.05) is 0 Å². The molecule has 3 aromatic heterocycles. The molecule has 4 aromatic rings. The quantitative estimate of drug-likeness (QED) is 0.595. The van der Waals surface area contributed by atoms with Gasteiger partial charge in [0.15, 0.2) is 0 Å². The summed E-state index contributed by atoms with van der Waals surface area (Å²) in [6.07, 6.45) is 1.77. The standard InChI is InChI=1S/C18H13N3OS2/c22-18(12-3-4-15-16(8-12)24-11-21-15)20-9-13-2-1-6-19-17(13)14-5-7-23-10-14/h1-8,10-11H,9H2,(H,20,22). The van der Waals surface area contributed by atoms with E-state index in [0.717, 1.165) is 27.0 Å². The average Bonchev–Trinajstić information content (AvgIpc) is 3.30. The van der Waals surface area contributed by atoms with Gasteiger partial charge in [-0.1, -0.05) is 6.07 Å². The number of carbonyl (C=O) groups is 1. The second-order valence-electron chi connectivity index (χ2n) is 5.24. The molecule has 118 valence electrons. The van der Waals surface area contributed by atoms with Crippen molar-refractivity contribution in [1.82, 2.24) is 15.3 Å². The molecule has 1 N–H and O–H groups in total. The first-order valence-corrected chi connectivity index (χ1v) is 9.21. The summed E-state index contributed by atoms with van der Waals surface area (Å²) in [6.45, 7) is 0.443. The Kier molecular flexibility index (Phi) is 4.06. The van der Waals surface area contributed by atoms with Crippen molar-refractivity contribution < 1.29 is 4.79 Å². The molecule has 0 aliphatic rings. The molecule has 0 aliphatic carbocycles. The van der Waals surface area contributed by atoms with Crippen LogP contribution < -0.4 is 5.32 Å². The van der Waals surface area contributed by atoms with Crippen LogP contribution in [0, 0.1) is 0 Å². The number of nitrogens with one attached hydrogen (secondary N) is 1. The smallest absolute Gasteiger partial charge is 0.251 e. The highest BCUT2D eigenvalue weighted by atomic mass is 32.1. The summed E-state index contributed by atoms with van der Waals surface area (Å²) in [6, 6.07) is 11.5. The van der Waals surface area contributed by atoms with Gasteiger partial charge in [0, 0.05) is 29.2 Å². The van der Waals surface area contributed by atoms with Gasteiger partial charge >= 0.3 is 0 Å². The van der Waals surface area contributed by atoms with E-state index >= 15 is 0 Å². The zero-order valence-corrected chi connectivity index (χ0v) is 14.2. The molecule has 6 heteroatoms. The van der Waals surface area contributed by atoms with E-state index in [4.69, 9.17) is 0 Å². The SMILES string of the molecule is O=C(NCc1cccnc1-c1ccsc1)c1ccc2ncsc2c1. The summed E-state index contributed by atoms with van der Waals surface area (Å²) < 4.78 is 1.02. The van der Waals surface area contributed by atoms with Crippen LogP contribution in [0.3, 0.4) is 0 Å². The van der Waals surface area contributed by atoms with Crippen LogP contribution in [0.25, 0.3) is 21.5 Å². The van der Waals surface area contributed by atoms with Gasteiger partial charge in [-0.3, -0.25) is 9.78 Å². The number of carbonyl (C=O) groups excluding carboxylic acids is 1. The van der Waals surface area contributed by atoms with Crippen molar-refractivity contribution in [3.05, 3.63) is 70.0 Å². The van der Waals surface area contributed by atoms with Gasteiger partial charge in [0.05, 0.1) is 21.4 Å². The van der Waals surface area contributed by atoms with E-state index in [1.165, 1.54) is 11.3 Å². The minimum atomic E-state index is -0.0922. The fourth-order valence-electron chi connectivity index (χ4n) is 2.51. The minimum absolute atomic E-state index is 0.0922. The fraction of sp³-hybridized carbons (Fsp3) is 0.0556. The maximum absolute atomic E-state index is 12.4. The number of aromatic nitrogens is 2. The topological polar surface area (TPSA) is 54.9 Å². The van der Waals surface area contributed by atoms with Gasteiger partial charge in [-0.25, -0.2) is 4.98 Å². The number of fused-ring (bicyclic) bond motifs is 1. The van der Waals surface area contributed by atoms with Crippen molar-refractivity contribution in [2.45, 2.75) is 6.54 Å². The molecule has 0 unspecified atom stereocenters. The van der Waals surface area contributed by atoms with Crippen LogP contribution in [-0.2, 0) is 6.54 Å². The van der Waals surface area contributed by atoms with Crippen molar-refractivity contribution in [1.29, 1.82) is 0 Å². The van der Waals surface area contributed by atoms with Crippen LogP contribution in [0.15, 0.2) is 58.9 Å². The molecule has 1 aromatic carbocycles. The number of hydrogen-bond acceptors (Lipinski definition) is 5. The number of nitrogens with zero attached hydrogens (tertiary/aromatic N) is 2. The first kappa shape index (κ1) is 15.0. The molecule has 0 fully saturated rings. The van der Waals surface area contributed by atoms with Crippen LogP contribution in [0.2, 0.25) is 0 Å². The third-order valence-corrected chi connectivity index (χ3v) is 5.19. The molecule has 0 bridgehead atoms. The molecular formula is C18H13N3OS2. The molecule has 0 saturated heterocycles. The number of benzene rings is 1. The summed E-state index contributed by atoms with van der Waals surface area (Å²) in [5.41, 5.74) is 6.35. The predicted octanol–water partition coefficient (Wildman–Crippen LogP) is 4.35. The number of amides is 1. The number of thiophene rings is 1. The fourth-order valence-corrected chi connectivity index (χ4v) is 3.87. The van der Waals surface area contributed by atoms with Gasteiger partial charge in [0.25, 0.3) is 5.91 Å². The largest absolute Gasteiger partial charge is 0.348 e. The summed E-state index contributed by atoms with van der Waals surface area (Å²) >= 11 is 3.17. The monoisotopic (exact) mass is 351 g/mol. The average molecular weight is 351 g/mol. The molecular weight excluding hydrogens is 338 g/mol. The first-order valence-electron chi connectivity index (χ1n) is 7.39. The van der Waals surface area contributed by atoms with Gasteiger partial charge in [0.1, 0.15) is 0 Å². The van der Waals surface area contributed by atoms with Gasteiger partial charge in [-0.15, -0.1) is 11.3 Å². The minimum Gasteiger partial charge on any atom is -0.348 e. The lowest BCUT2D eigenvalue weighted by Gasteiger charge is -2.09. The Morgan fingerprint density at radius 2 is 2.12 bits per heavy atom. The third-order valence-electron chi connectivity index (χ3n) is 3.72. The Morgan fingerprint density at radius 3 is 3.00 bits per heavy atom. The van der Waals surface area contributed by atoms with Crippen LogP contribution in [-0.4, -0.2) is 15.9 Å². The molecule has 4 nitrogen and oxygen atoms in total. The van der Waals surface area contributed by atoms with Crippen LogP contribution >= 0.6 is 22.7 Å². The normalized spacial score (nSPS) is 10.8. The second kappa shape index (κ2) is 6.51. The van der Waals surface area contributed by atoms with Crippen molar-refractivity contribution >= 4 is 38.8 Å². The molecule has 0 spiro atoms. The Hall–Kier alpha value is -2.57. The lowest BCUT2D eigenvalue weighted by atomic mass is 10.1. The molecule has 4 rings (SSSR count). The maximum Gasteiger partial charge on any atom is 0.251 e. The Morgan fingerprint density at radius 1 is 1.17 bits per heavy atom. The maximum atomic E-state index is 12.4. The van der Waals surface area contributed by atoms with E-state index in [2.05, 4.69) is 20.7 Å². The van der Waals surface area contributed by atoms with E-state index in [9.17, 15) is 4.79 Å². The van der Waals surface area contributed by atoms with E-state index < -0.39 is 0 Å². The molecule has 0 saturated carbocycles. The van der Waals surface area contributed by atoms with Crippen LogP contribution in [0.5, 0.6) is 0 Å². The molecule has 0 aliphatic heterocycles. The van der Waals surface area contributed by atoms with E-state index in [1.807, 2.05) is 35.7 Å². The van der Waals surface area contributed by atoms with Gasteiger partial charge in [0.2, 0.25) is 0 Å². The molecule has 0 atom stereocenters. The lowest BCUT2D eigenvalue weighted by molar-refractivity contribution is 0.0951. The zero-order chi connectivity index (χ0) is 16.4. The van der Waals surface area contributed by atoms with Crippen molar-refractivity contribution in [2.24, 2.45) is 0 Å². The number of pyridine rings is 1. The van der Waals surface area contributed by atoms with Gasteiger partial charge in [-0.2, -0.15) is 11.3 Å². The van der Waals surface area contributed by atoms with Crippen molar-refractivity contribution in [3.63, 3.8) is 0 Å². The number of hydrogen-bond donors (Lipinski definition) is 1. The molecule has 3 heterocycles. The van der Waals surface area contributed by atoms with Gasteiger partial charge in [-0.05, 0) is 41.3 Å². The van der Waals surface area contributed by atoms with Crippen molar-refractivity contribution in [3.8, 4) is 11.3 Å². The summed E-state index contributed by atoms with van der Waals surface area (Å²) in [5, 5.41) is 7.07. The Labute approximate surface area is 146 Å². The molecule has 1 amide bonds. The second-order valence-corrected chi connectivity index (χ2v) is 6.91. The van der Waals surface area contributed by atoms with Crippen LogP contribution in [0.4, 0.5) is 0 Å². The van der Waals surface area contributed by atoms with Gasteiger partial charge < -0.3 is 5.32 Å². The highest BCUT2D eigenvalue weighted by Crippen LogP contribution is 2.24. The number of rotatable bonds is 4.